The zero-order chi connectivity index (χ0) is 11.7. The van der Waals surface area contributed by atoms with Gasteiger partial charge in [0.2, 0.25) is 0 Å². The predicted octanol–water partition coefficient (Wildman–Crippen LogP) is 1.84. The number of ether oxygens (including phenoxy) is 2. The molecule has 0 N–H and O–H groups in total. The first-order valence-corrected chi connectivity index (χ1v) is 5.11. The molecule has 0 radical (unpaired) electrons. The molecule has 4 nitrogen and oxygen atoms in total. The summed E-state index contributed by atoms with van der Waals surface area (Å²) in [6, 6.07) is 0. The van der Waals surface area contributed by atoms with Crippen molar-refractivity contribution in [3.05, 3.63) is 11.6 Å². The number of esters is 2. The molecule has 0 atom stereocenters. The van der Waals surface area contributed by atoms with Crippen LogP contribution in [0.5, 0.6) is 0 Å². The van der Waals surface area contributed by atoms with Crippen molar-refractivity contribution in [2.45, 2.75) is 33.6 Å². The SMILES string of the molecule is CCC/C(C)=C/COC(=O)C(=O)OCC. The number of hydrogen-bond acceptors (Lipinski definition) is 4. The highest BCUT2D eigenvalue weighted by Gasteiger charge is 2.15. The molecule has 0 heterocycles. The Kier molecular flexibility index (Phi) is 7.32. The Labute approximate surface area is 90.2 Å². The number of carbonyl (C=O) groups excluding carboxylic acids is 2. The van der Waals surface area contributed by atoms with Crippen LogP contribution in [-0.2, 0) is 19.1 Å². The Hall–Kier alpha value is -1.32. The van der Waals surface area contributed by atoms with Gasteiger partial charge >= 0.3 is 11.9 Å². The number of allylic oxidation sites excluding steroid dienone is 1. The molecule has 4 heteroatoms. The molecule has 0 rings (SSSR count). The van der Waals surface area contributed by atoms with E-state index in [2.05, 4.69) is 16.4 Å². The van der Waals surface area contributed by atoms with Gasteiger partial charge in [-0.1, -0.05) is 18.9 Å². The van der Waals surface area contributed by atoms with Gasteiger partial charge in [-0.2, -0.15) is 0 Å². The summed E-state index contributed by atoms with van der Waals surface area (Å²) in [5, 5.41) is 0. The van der Waals surface area contributed by atoms with Crippen LogP contribution in [0.1, 0.15) is 33.6 Å². The van der Waals surface area contributed by atoms with Crippen molar-refractivity contribution >= 4 is 11.9 Å². The normalized spacial score (nSPS) is 11.0. The van der Waals surface area contributed by atoms with Crippen LogP contribution in [0.15, 0.2) is 11.6 Å². The standard InChI is InChI=1S/C11H18O4/c1-4-6-9(3)7-8-15-11(13)10(12)14-5-2/h7H,4-6,8H2,1-3H3/b9-7+. The molecular formula is C11H18O4. The molecule has 0 aliphatic rings. The maximum absolute atomic E-state index is 10.9. The quantitative estimate of drug-likeness (QED) is 0.398. The molecule has 0 saturated carbocycles. The summed E-state index contributed by atoms with van der Waals surface area (Å²) < 4.78 is 9.16. The molecule has 0 aliphatic carbocycles. The molecule has 0 aromatic heterocycles. The molecule has 0 unspecified atom stereocenters. The average Bonchev–Trinajstić information content (AvgIpc) is 2.18. The molecule has 0 aromatic rings. The number of hydrogen-bond donors (Lipinski definition) is 0. The Morgan fingerprint density at radius 2 is 1.73 bits per heavy atom. The molecular weight excluding hydrogens is 196 g/mol. The van der Waals surface area contributed by atoms with Crippen molar-refractivity contribution < 1.29 is 19.1 Å². The maximum Gasteiger partial charge on any atom is 0.417 e. The molecule has 0 aliphatic heterocycles. The van der Waals surface area contributed by atoms with Gasteiger partial charge in [-0.3, -0.25) is 0 Å². The smallest absolute Gasteiger partial charge is 0.417 e. The van der Waals surface area contributed by atoms with Crippen molar-refractivity contribution in [1.82, 2.24) is 0 Å². The molecule has 0 saturated heterocycles. The fraction of sp³-hybridized carbons (Fsp3) is 0.636. The largest absolute Gasteiger partial charge is 0.458 e. The Morgan fingerprint density at radius 3 is 2.27 bits per heavy atom. The van der Waals surface area contributed by atoms with Gasteiger partial charge in [0, 0.05) is 0 Å². The van der Waals surface area contributed by atoms with E-state index in [4.69, 9.17) is 0 Å². The first kappa shape index (κ1) is 13.7. The zero-order valence-corrected chi connectivity index (χ0v) is 9.54. The number of carbonyl (C=O) groups is 2. The van der Waals surface area contributed by atoms with Crippen molar-refractivity contribution in [2.24, 2.45) is 0 Å². The summed E-state index contributed by atoms with van der Waals surface area (Å²) in [4.78, 5) is 21.8. The van der Waals surface area contributed by atoms with Crippen LogP contribution in [0.4, 0.5) is 0 Å². The van der Waals surface area contributed by atoms with E-state index in [9.17, 15) is 9.59 Å². The molecule has 0 aromatic carbocycles. The van der Waals surface area contributed by atoms with Crippen LogP contribution < -0.4 is 0 Å². The first-order valence-electron chi connectivity index (χ1n) is 5.11. The minimum absolute atomic E-state index is 0.128. The van der Waals surface area contributed by atoms with Crippen LogP contribution in [-0.4, -0.2) is 25.2 Å². The highest BCUT2D eigenvalue weighted by atomic mass is 16.6. The van der Waals surface area contributed by atoms with Gasteiger partial charge in [-0.05, 0) is 26.3 Å². The summed E-state index contributed by atoms with van der Waals surface area (Å²) in [5.74, 6) is -1.86. The van der Waals surface area contributed by atoms with Gasteiger partial charge < -0.3 is 9.47 Å². The molecule has 0 fully saturated rings. The van der Waals surface area contributed by atoms with Gasteiger partial charge in [0.05, 0.1) is 6.61 Å². The lowest BCUT2D eigenvalue weighted by Gasteiger charge is -2.02. The highest BCUT2D eigenvalue weighted by molar-refractivity contribution is 6.29. The second kappa shape index (κ2) is 8.03. The average molecular weight is 214 g/mol. The Bertz CT molecular complexity index is 243. The third kappa shape index (κ3) is 6.71. The minimum Gasteiger partial charge on any atom is -0.458 e. The van der Waals surface area contributed by atoms with Crippen LogP contribution in [0.2, 0.25) is 0 Å². The van der Waals surface area contributed by atoms with Crippen LogP contribution in [0, 0.1) is 0 Å². The lowest BCUT2D eigenvalue weighted by atomic mass is 10.2. The van der Waals surface area contributed by atoms with E-state index in [-0.39, 0.29) is 13.2 Å². The lowest BCUT2D eigenvalue weighted by Crippen LogP contribution is -2.20. The van der Waals surface area contributed by atoms with Crippen LogP contribution >= 0.6 is 0 Å². The van der Waals surface area contributed by atoms with Gasteiger partial charge in [0.15, 0.2) is 0 Å². The van der Waals surface area contributed by atoms with E-state index in [1.54, 1.807) is 13.0 Å². The fourth-order valence-electron chi connectivity index (χ4n) is 1.00. The highest BCUT2D eigenvalue weighted by Crippen LogP contribution is 2.02. The summed E-state index contributed by atoms with van der Waals surface area (Å²) >= 11 is 0. The third-order valence-electron chi connectivity index (χ3n) is 1.73. The van der Waals surface area contributed by atoms with Crippen LogP contribution in [0.3, 0.4) is 0 Å². The monoisotopic (exact) mass is 214 g/mol. The molecule has 0 spiro atoms. The third-order valence-corrected chi connectivity index (χ3v) is 1.73. The topological polar surface area (TPSA) is 52.6 Å². The Morgan fingerprint density at radius 1 is 1.13 bits per heavy atom. The van der Waals surface area contributed by atoms with E-state index in [0.717, 1.165) is 18.4 Å². The second-order valence-electron chi connectivity index (χ2n) is 3.12. The molecule has 15 heavy (non-hydrogen) atoms. The lowest BCUT2D eigenvalue weighted by molar-refractivity contribution is -0.166. The predicted molar refractivity (Wildman–Crippen MR) is 56.3 cm³/mol. The van der Waals surface area contributed by atoms with Gasteiger partial charge in [0.25, 0.3) is 0 Å². The van der Waals surface area contributed by atoms with E-state index in [0.29, 0.717) is 0 Å². The summed E-state index contributed by atoms with van der Waals surface area (Å²) in [5.41, 5.74) is 1.15. The van der Waals surface area contributed by atoms with Crippen LogP contribution in [0.25, 0.3) is 0 Å². The number of rotatable bonds is 5. The molecule has 0 bridgehead atoms. The van der Waals surface area contributed by atoms with E-state index in [1.165, 1.54) is 0 Å². The summed E-state index contributed by atoms with van der Waals surface area (Å²) in [7, 11) is 0. The molecule has 0 amide bonds. The van der Waals surface area contributed by atoms with Gasteiger partial charge in [0.1, 0.15) is 6.61 Å². The van der Waals surface area contributed by atoms with Crippen molar-refractivity contribution in [3.63, 3.8) is 0 Å². The summed E-state index contributed by atoms with van der Waals surface area (Å²) in [6.07, 6.45) is 3.81. The first-order chi connectivity index (χ1) is 7.11. The zero-order valence-electron chi connectivity index (χ0n) is 9.54. The fourth-order valence-corrected chi connectivity index (χ4v) is 1.00. The van der Waals surface area contributed by atoms with Gasteiger partial charge in [-0.25, -0.2) is 9.59 Å². The maximum atomic E-state index is 10.9. The van der Waals surface area contributed by atoms with E-state index in [1.807, 2.05) is 6.92 Å². The second-order valence-corrected chi connectivity index (χ2v) is 3.12. The minimum atomic E-state index is -0.933. The molecule has 86 valence electrons. The van der Waals surface area contributed by atoms with Crippen molar-refractivity contribution in [3.8, 4) is 0 Å². The Balaban J connectivity index is 3.81. The van der Waals surface area contributed by atoms with E-state index >= 15 is 0 Å². The van der Waals surface area contributed by atoms with Gasteiger partial charge in [-0.15, -0.1) is 0 Å². The van der Waals surface area contributed by atoms with Crippen molar-refractivity contribution in [1.29, 1.82) is 0 Å². The van der Waals surface area contributed by atoms with Crippen molar-refractivity contribution in [2.75, 3.05) is 13.2 Å². The summed E-state index contributed by atoms with van der Waals surface area (Å²) in [6.45, 7) is 5.97. The van der Waals surface area contributed by atoms with E-state index < -0.39 is 11.9 Å².